The molecule has 1 nitrogen and oxygen atoms in total. The Labute approximate surface area is 267 Å². The van der Waals surface area contributed by atoms with Gasteiger partial charge in [0.1, 0.15) is 0 Å². The summed E-state index contributed by atoms with van der Waals surface area (Å²) in [5.41, 5.74) is 8.71. The van der Waals surface area contributed by atoms with Crippen LogP contribution in [0.1, 0.15) is 0 Å². The van der Waals surface area contributed by atoms with E-state index in [-0.39, 0.29) is 0 Å². The highest BCUT2D eigenvalue weighted by Gasteiger charge is 2.17. The van der Waals surface area contributed by atoms with Gasteiger partial charge in [-0.2, -0.15) is 0 Å². The van der Waals surface area contributed by atoms with Gasteiger partial charge in [-0.3, -0.25) is 0 Å². The molecule has 10 rings (SSSR count). The minimum atomic E-state index is 1.23. The Bertz CT molecular complexity index is 2760. The highest BCUT2D eigenvalue weighted by Crippen LogP contribution is 2.43. The molecule has 0 atom stereocenters. The summed E-state index contributed by atoms with van der Waals surface area (Å²) in [5, 5.41) is 7.87. The first-order chi connectivity index (χ1) is 22.3. The summed E-state index contributed by atoms with van der Waals surface area (Å²) >= 11 is 3.77. The number of nitrogens with zero attached hydrogens (tertiary/aromatic N) is 1. The van der Waals surface area contributed by atoms with Crippen LogP contribution < -0.4 is 0 Å². The van der Waals surface area contributed by atoms with E-state index in [0.717, 1.165) is 0 Å². The highest BCUT2D eigenvalue weighted by molar-refractivity contribution is 7.26. The fourth-order valence-corrected chi connectivity index (χ4v) is 9.36. The van der Waals surface area contributed by atoms with Crippen LogP contribution >= 0.6 is 22.7 Å². The van der Waals surface area contributed by atoms with E-state index in [1.165, 1.54) is 90.1 Å². The molecule has 3 heterocycles. The number of fused-ring (bicyclic) bond motifs is 9. The van der Waals surface area contributed by atoms with Crippen molar-refractivity contribution in [2.24, 2.45) is 0 Å². The second-order valence-corrected chi connectivity index (χ2v) is 13.9. The summed E-state index contributed by atoms with van der Waals surface area (Å²) < 4.78 is 7.79. The molecule has 0 bridgehead atoms. The van der Waals surface area contributed by atoms with Crippen molar-refractivity contribution in [3.8, 4) is 27.9 Å². The van der Waals surface area contributed by atoms with Crippen LogP contribution in [0.3, 0.4) is 0 Å². The molecule has 0 N–H and O–H groups in total. The van der Waals surface area contributed by atoms with E-state index >= 15 is 0 Å². The number of hydrogen-bond donors (Lipinski definition) is 0. The Kier molecular flexibility index (Phi) is 5.39. The lowest BCUT2D eigenvalue weighted by Crippen LogP contribution is -1.93. The normalized spacial score (nSPS) is 12.0. The number of para-hydroxylation sites is 1. The molecular weight excluding hydrogens is 583 g/mol. The van der Waals surface area contributed by atoms with Gasteiger partial charge in [-0.05, 0) is 76.9 Å². The third-order valence-electron chi connectivity index (χ3n) is 9.21. The van der Waals surface area contributed by atoms with Crippen molar-refractivity contribution in [3.63, 3.8) is 0 Å². The maximum atomic E-state index is 2.47. The van der Waals surface area contributed by atoms with Gasteiger partial charge in [-0.15, -0.1) is 22.7 Å². The van der Waals surface area contributed by atoms with Crippen LogP contribution in [0.15, 0.2) is 152 Å². The van der Waals surface area contributed by atoms with Crippen molar-refractivity contribution in [2.75, 3.05) is 0 Å². The van der Waals surface area contributed by atoms with E-state index in [4.69, 9.17) is 0 Å². The van der Waals surface area contributed by atoms with Crippen molar-refractivity contribution in [1.29, 1.82) is 0 Å². The van der Waals surface area contributed by atoms with Crippen molar-refractivity contribution < 1.29 is 0 Å². The first kappa shape index (κ1) is 25.1. The molecule has 0 radical (unpaired) electrons. The van der Waals surface area contributed by atoms with Crippen molar-refractivity contribution >= 4 is 84.8 Å². The lowest BCUT2D eigenvalue weighted by atomic mass is 10.0. The van der Waals surface area contributed by atoms with Crippen LogP contribution in [0.5, 0.6) is 0 Å². The Morgan fingerprint density at radius 3 is 1.76 bits per heavy atom. The summed E-state index contributed by atoms with van der Waals surface area (Å²) in [7, 11) is 0. The first-order valence-electron chi connectivity index (χ1n) is 15.3. The van der Waals surface area contributed by atoms with E-state index in [2.05, 4.69) is 156 Å². The molecule has 0 unspecified atom stereocenters. The molecule has 7 aromatic carbocycles. The average Bonchev–Trinajstić information content (AvgIpc) is 3.77. The lowest BCUT2D eigenvalue weighted by molar-refractivity contribution is 1.20. The molecular formula is C42H25NS2. The summed E-state index contributed by atoms with van der Waals surface area (Å²) in [6.07, 6.45) is 0. The summed E-state index contributed by atoms with van der Waals surface area (Å²) in [6.45, 7) is 0. The van der Waals surface area contributed by atoms with E-state index in [9.17, 15) is 0 Å². The van der Waals surface area contributed by atoms with E-state index < -0.39 is 0 Å². The number of rotatable bonds is 3. The Hall–Kier alpha value is -5.22. The zero-order valence-electron chi connectivity index (χ0n) is 24.2. The molecule has 0 aliphatic carbocycles. The third-order valence-corrected chi connectivity index (χ3v) is 11.6. The summed E-state index contributed by atoms with van der Waals surface area (Å²) in [5.74, 6) is 0. The SMILES string of the molecule is c1ccc(-c2ccc3c(c2)c2ccccc2n3-c2cccc3c2sc2ccc(-c4ccc5sc6ccccc6c5c4)cc23)cc1. The topological polar surface area (TPSA) is 4.93 Å². The maximum absolute atomic E-state index is 2.47. The number of benzene rings is 7. The summed E-state index contributed by atoms with van der Waals surface area (Å²) in [4.78, 5) is 0. The molecule has 45 heavy (non-hydrogen) atoms. The average molecular weight is 608 g/mol. The van der Waals surface area contributed by atoms with Gasteiger partial charge in [0.25, 0.3) is 0 Å². The zero-order valence-corrected chi connectivity index (χ0v) is 25.8. The number of hydrogen-bond acceptors (Lipinski definition) is 2. The first-order valence-corrected chi connectivity index (χ1v) is 16.9. The van der Waals surface area contributed by atoms with Crippen molar-refractivity contribution in [1.82, 2.24) is 4.57 Å². The van der Waals surface area contributed by atoms with Gasteiger partial charge in [-0.1, -0.05) is 97.1 Å². The van der Waals surface area contributed by atoms with Gasteiger partial charge in [0.2, 0.25) is 0 Å². The fourth-order valence-electron chi connectivity index (χ4n) is 7.09. The molecule has 10 aromatic rings. The molecule has 0 fully saturated rings. The van der Waals surface area contributed by atoms with Crippen molar-refractivity contribution in [3.05, 3.63) is 152 Å². The third kappa shape index (κ3) is 3.78. The minimum Gasteiger partial charge on any atom is -0.308 e. The predicted octanol–water partition coefficient (Wildman–Crippen LogP) is 12.9. The highest BCUT2D eigenvalue weighted by atomic mass is 32.1. The maximum Gasteiger partial charge on any atom is 0.0640 e. The van der Waals surface area contributed by atoms with E-state index in [0.29, 0.717) is 0 Å². The Morgan fingerprint density at radius 2 is 0.911 bits per heavy atom. The lowest BCUT2D eigenvalue weighted by Gasteiger charge is -2.10. The molecule has 3 aromatic heterocycles. The van der Waals surface area contributed by atoms with Crippen LogP contribution in [-0.2, 0) is 0 Å². The van der Waals surface area contributed by atoms with Gasteiger partial charge in [0.05, 0.1) is 21.4 Å². The molecule has 210 valence electrons. The molecule has 0 saturated heterocycles. The molecule has 0 saturated carbocycles. The molecule has 0 aliphatic rings. The Balaban J connectivity index is 1.17. The molecule has 0 aliphatic heterocycles. The predicted molar refractivity (Wildman–Crippen MR) is 197 cm³/mol. The fraction of sp³-hybridized carbons (Fsp3) is 0. The molecule has 0 spiro atoms. The molecule has 3 heteroatoms. The smallest absolute Gasteiger partial charge is 0.0640 e. The zero-order chi connectivity index (χ0) is 29.5. The standard InChI is InChI=1S/C42H25NS2/c1-2-9-26(10-3-1)27-17-20-37-33(23-27)30-11-4-6-14-36(30)43(37)38-15-8-13-32-35-25-29(19-22-41(35)45-42(32)38)28-18-21-40-34(24-28)31-12-5-7-16-39(31)44-40/h1-25H. The van der Waals surface area contributed by atoms with Gasteiger partial charge >= 0.3 is 0 Å². The van der Waals surface area contributed by atoms with Gasteiger partial charge < -0.3 is 4.57 Å². The quantitative estimate of drug-likeness (QED) is 0.188. The van der Waals surface area contributed by atoms with Crippen LogP contribution in [0, 0.1) is 0 Å². The van der Waals surface area contributed by atoms with Gasteiger partial charge in [0.15, 0.2) is 0 Å². The van der Waals surface area contributed by atoms with Crippen LogP contribution in [0.2, 0.25) is 0 Å². The van der Waals surface area contributed by atoms with Gasteiger partial charge in [-0.25, -0.2) is 0 Å². The van der Waals surface area contributed by atoms with Crippen LogP contribution in [-0.4, -0.2) is 4.57 Å². The van der Waals surface area contributed by atoms with Crippen molar-refractivity contribution in [2.45, 2.75) is 0 Å². The largest absolute Gasteiger partial charge is 0.308 e. The second-order valence-electron chi connectivity index (χ2n) is 11.7. The number of aromatic nitrogens is 1. The minimum absolute atomic E-state index is 1.23. The van der Waals surface area contributed by atoms with Gasteiger partial charge in [0, 0.05) is 46.4 Å². The van der Waals surface area contributed by atoms with Crippen LogP contribution in [0.4, 0.5) is 0 Å². The monoisotopic (exact) mass is 607 g/mol. The van der Waals surface area contributed by atoms with Crippen LogP contribution in [0.25, 0.3) is 90.1 Å². The van der Waals surface area contributed by atoms with E-state index in [1.54, 1.807) is 0 Å². The Morgan fingerprint density at radius 1 is 0.333 bits per heavy atom. The van der Waals surface area contributed by atoms with E-state index in [1.807, 2.05) is 22.7 Å². The molecule has 0 amide bonds. The summed E-state index contributed by atoms with van der Waals surface area (Å²) in [6, 6.07) is 55.9. The number of thiophene rings is 2. The second kappa shape index (κ2) is 9.64.